The van der Waals surface area contributed by atoms with Crippen LogP contribution < -0.4 is 15.1 Å². The van der Waals surface area contributed by atoms with Gasteiger partial charge >= 0.3 is 0 Å². The summed E-state index contributed by atoms with van der Waals surface area (Å²) in [6.45, 7) is 13.5. The molecule has 5 rings (SSSR count). The normalized spacial score (nSPS) is 19.0. The second-order valence-corrected chi connectivity index (χ2v) is 10.9. The van der Waals surface area contributed by atoms with E-state index in [0.29, 0.717) is 52.0 Å². The van der Waals surface area contributed by atoms with Gasteiger partial charge in [0.15, 0.2) is 5.82 Å². The number of rotatable bonds is 4. The maximum Gasteiger partial charge on any atom is 0.201 e. The second-order valence-electron chi connectivity index (χ2n) is 10.9. The number of hydrogen-bond donors (Lipinski definition) is 1. The van der Waals surface area contributed by atoms with Crippen LogP contribution in [0.3, 0.4) is 0 Å². The third kappa shape index (κ3) is 3.93. The van der Waals surface area contributed by atoms with Gasteiger partial charge in [0.25, 0.3) is 0 Å². The number of likely N-dealkylation sites (N-methyl/N-ethyl adjacent to an activating group) is 1. The van der Waals surface area contributed by atoms with E-state index in [1.54, 1.807) is 18.2 Å². The first kappa shape index (κ1) is 25.1. The maximum absolute atomic E-state index is 16.0. The van der Waals surface area contributed by atoms with Crippen LogP contribution >= 0.6 is 0 Å². The molecular formula is C29H34FN5O2. The number of benzene rings is 2. The molecule has 2 aromatic carbocycles. The molecule has 0 amide bonds. The van der Waals surface area contributed by atoms with Crippen LogP contribution in [0.25, 0.3) is 32.8 Å². The van der Waals surface area contributed by atoms with Crippen LogP contribution in [-0.2, 0) is 0 Å². The van der Waals surface area contributed by atoms with Gasteiger partial charge in [-0.25, -0.2) is 4.39 Å². The van der Waals surface area contributed by atoms with E-state index in [1.807, 2.05) is 32.3 Å². The van der Waals surface area contributed by atoms with E-state index in [9.17, 15) is 10.1 Å². The molecule has 0 saturated carbocycles. The van der Waals surface area contributed by atoms with E-state index in [0.717, 1.165) is 5.39 Å². The Hall–Kier alpha value is -3.57. The number of nitrogens with one attached hydrogen (secondary N) is 1. The third-order valence-corrected chi connectivity index (χ3v) is 7.59. The number of aromatic nitrogens is 2. The summed E-state index contributed by atoms with van der Waals surface area (Å²) in [7, 11) is 2.11. The number of hydrogen-bond acceptors (Lipinski definition) is 5. The van der Waals surface area contributed by atoms with Gasteiger partial charge in [0.05, 0.1) is 39.7 Å². The Balaban J connectivity index is 1.97. The smallest absolute Gasteiger partial charge is 0.201 e. The summed E-state index contributed by atoms with van der Waals surface area (Å²) in [5, 5.41) is 11.0. The van der Waals surface area contributed by atoms with Crippen molar-refractivity contribution in [3.8, 4) is 11.8 Å². The SMILES string of the molecule is CC(C)Oc1cc(F)c2c(c1N1C[C@@H](C)N(C)[C@@H](C)C1)c(=O)c1c3ccc(C#N)cc3[nH]c1n2C(C)C. The van der Waals surface area contributed by atoms with Crippen molar-refractivity contribution in [3.63, 3.8) is 0 Å². The van der Waals surface area contributed by atoms with E-state index in [2.05, 4.69) is 41.7 Å². The van der Waals surface area contributed by atoms with Crippen LogP contribution in [0.2, 0.25) is 0 Å². The molecule has 2 atom stereocenters. The third-order valence-electron chi connectivity index (χ3n) is 7.59. The lowest BCUT2D eigenvalue weighted by Crippen LogP contribution is -2.55. The number of H-pyrrole nitrogens is 1. The molecule has 37 heavy (non-hydrogen) atoms. The summed E-state index contributed by atoms with van der Waals surface area (Å²) in [6, 6.07) is 9.18. The second kappa shape index (κ2) is 9.07. The van der Waals surface area contributed by atoms with Crippen LogP contribution in [0.5, 0.6) is 5.75 Å². The molecule has 8 heteroatoms. The number of pyridine rings is 1. The summed E-state index contributed by atoms with van der Waals surface area (Å²) in [6.07, 6.45) is -0.188. The monoisotopic (exact) mass is 503 g/mol. The van der Waals surface area contributed by atoms with Gasteiger partial charge in [0.2, 0.25) is 5.43 Å². The number of nitriles is 1. The van der Waals surface area contributed by atoms with Gasteiger partial charge in [-0.3, -0.25) is 9.69 Å². The van der Waals surface area contributed by atoms with Crippen molar-refractivity contribution in [2.24, 2.45) is 0 Å². The zero-order valence-corrected chi connectivity index (χ0v) is 22.5. The molecule has 2 aromatic heterocycles. The van der Waals surface area contributed by atoms with Crippen LogP contribution in [0.15, 0.2) is 29.1 Å². The number of aromatic amines is 1. The van der Waals surface area contributed by atoms with Crippen LogP contribution in [0.4, 0.5) is 10.1 Å². The Morgan fingerprint density at radius 3 is 2.38 bits per heavy atom. The number of fused-ring (bicyclic) bond motifs is 4. The highest BCUT2D eigenvalue weighted by molar-refractivity contribution is 6.12. The van der Waals surface area contributed by atoms with Crippen molar-refractivity contribution < 1.29 is 9.13 Å². The van der Waals surface area contributed by atoms with Gasteiger partial charge in [-0.15, -0.1) is 0 Å². The molecular weight excluding hydrogens is 469 g/mol. The van der Waals surface area contributed by atoms with Crippen molar-refractivity contribution in [1.82, 2.24) is 14.5 Å². The molecule has 4 aromatic rings. The lowest BCUT2D eigenvalue weighted by atomic mass is 10.0. The Morgan fingerprint density at radius 1 is 1.11 bits per heavy atom. The standard InChI is InChI=1S/C29H34FN5O2/c1-15(2)35-26-21(30)11-23(37-16(3)4)27(34-13-17(5)33(7)18(6)14-34)25(26)28(36)24-20-9-8-19(12-31)10-22(20)32-29(24)35/h8-11,15-18,32H,13-14H2,1-7H3/t17-,18+. The number of halogens is 1. The van der Waals surface area contributed by atoms with E-state index in [4.69, 9.17) is 4.74 Å². The van der Waals surface area contributed by atoms with E-state index < -0.39 is 5.82 Å². The van der Waals surface area contributed by atoms with Gasteiger partial charge < -0.3 is 19.2 Å². The number of piperazine rings is 1. The van der Waals surface area contributed by atoms with Gasteiger partial charge in [-0.2, -0.15) is 5.26 Å². The molecule has 1 saturated heterocycles. The van der Waals surface area contributed by atoms with Crippen molar-refractivity contribution in [1.29, 1.82) is 5.26 Å². The average molecular weight is 504 g/mol. The molecule has 0 aliphatic carbocycles. The minimum absolute atomic E-state index is 0.140. The van der Waals surface area contributed by atoms with E-state index in [-0.39, 0.29) is 35.2 Å². The molecule has 1 aliphatic heterocycles. The summed E-state index contributed by atoms with van der Waals surface area (Å²) in [5.74, 6) is -0.101. The van der Waals surface area contributed by atoms with Crippen molar-refractivity contribution in [2.75, 3.05) is 25.0 Å². The largest absolute Gasteiger partial charge is 0.489 e. The predicted octanol–water partition coefficient (Wildman–Crippen LogP) is 5.54. The minimum Gasteiger partial charge on any atom is -0.489 e. The van der Waals surface area contributed by atoms with Crippen molar-refractivity contribution in [2.45, 2.75) is 65.8 Å². The molecule has 0 spiro atoms. The predicted molar refractivity (Wildman–Crippen MR) is 147 cm³/mol. The fraction of sp³-hybridized carbons (Fsp3) is 0.448. The van der Waals surface area contributed by atoms with Gasteiger partial charge in [-0.1, -0.05) is 6.07 Å². The van der Waals surface area contributed by atoms with E-state index >= 15 is 4.39 Å². The van der Waals surface area contributed by atoms with Crippen LogP contribution in [0.1, 0.15) is 53.1 Å². The average Bonchev–Trinajstić information content (AvgIpc) is 3.21. The highest BCUT2D eigenvalue weighted by atomic mass is 19.1. The topological polar surface area (TPSA) is 77.3 Å². The number of anilines is 1. The summed E-state index contributed by atoms with van der Waals surface area (Å²) >= 11 is 0. The van der Waals surface area contributed by atoms with Gasteiger partial charge in [0, 0.05) is 48.2 Å². The fourth-order valence-electron chi connectivity index (χ4n) is 5.72. The first-order valence-corrected chi connectivity index (χ1v) is 12.9. The molecule has 0 unspecified atom stereocenters. The lowest BCUT2D eigenvalue weighted by molar-refractivity contribution is 0.169. The molecule has 194 valence electrons. The molecule has 0 radical (unpaired) electrons. The first-order valence-electron chi connectivity index (χ1n) is 12.9. The molecule has 1 aliphatic rings. The number of nitrogens with zero attached hydrogens (tertiary/aromatic N) is 4. The molecule has 1 N–H and O–H groups in total. The lowest BCUT2D eigenvalue weighted by Gasteiger charge is -2.44. The molecule has 0 bridgehead atoms. The molecule has 1 fully saturated rings. The van der Waals surface area contributed by atoms with Gasteiger partial charge in [-0.05, 0) is 60.7 Å². The zero-order valence-electron chi connectivity index (χ0n) is 22.5. The van der Waals surface area contributed by atoms with E-state index in [1.165, 1.54) is 6.07 Å². The Kier molecular flexibility index (Phi) is 6.15. The first-order chi connectivity index (χ1) is 17.5. The fourth-order valence-corrected chi connectivity index (χ4v) is 5.72. The highest BCUT2D eigenvalue weighted by Gasteiger charge is 2.33. The summed E-state index contributed by atoms with van der Waals surface area (Å²) in [4.78, 5) is 22.2. The van der Waals surface area contributed by atoms with Crippen LogP contribution in [0, 0.1) is 17.1 Å². The minimum atomic E-state index is -0.492. The Morgan fingerprint density at radius 2 is 1.78 bits per heavy atom. The Labute approximate surface area is 216 Å². The summed E-state index contributed by atoms with van der Waals surface area (Å²) in [5.41, 5.74) is 2.41. The maximum atomic E-state index is 16.0. The van der Waals surface area contributed by atoms with Crippen LogP contribution in [-0.4, -0.2) is 52.8 Å². The van der Waals surface area contributed by atoms with Crippen molar-refractivity contribution >= 4 is 38.5 Å². The summed E-state index contributed by atoms with van der Waals surface area (Å²) < 4.78 is 24.1. The zero-order chi connectivity index (χ0) is 26.8. The quantitative estimate of drug-likeness (QED) is 0.396. The Bertz CT molecular complexity index is 1620. The highest BCUT2D eigenvalue weighted by Crippen LogP contribution is 2.41. The molecule has 3 heterocycles. The number of ether oxygens (including phenoxy) is 1. The molecule has 7 nitrogen and oxygen atoms in total. The van der Waals surface area contributed by atoms with Crippen molar-refractivity contribution in [3.05, 3.63) is 45.9 Å². The van der Waals surface area contributed by atoms with Gasteiger partial charge in [0.1, 0.15) is 11.4 Å².